The average molecular weight is 272 g/mol. The predicted octanol–water partition coefficient (Wildman–Crippen LogP) is -0.598. The Hall–Kier alpha value is -0.740. The van der Waals surface area contributed by atoms with Crippen LogP contribution in [0.25, 0.3) is 0 Å². The first-order valence-electron chi connectivity index (χ1n) is 4.88. The van der Waals surface area contributed by atoms with Gasteiger partial charge in [0.15, 0.2) is 6.61 Å². The lowest BCUT2D eigenvalue weighted by Crippen LogP contribution is -2.18. The Balaban J connectivity index is 3.34. The van der Waals surface area contributed by atoms with E-state index >= 15 is 0 Å². The fourth-order valence-electron chi connectivity index (χ4n) is 0.743. The number of carbonyl (C=O) groups is 1. The Morgan fingerprint density at radius 2 is 1.71 bits per heavy atom. The number of hydrogen-bond acceptors (Lipinski definition) is 7. The molecule has 17 heavy (non-hydrogen) atoms. The van der Waals surface area contributed by atoms with E-state index in [1.54, 1.807) is 0 Å². The van der Waals surface area contributed by atoms with Crippen LogP contribution in [0.1, 0.15) is 6.92 Å². The minimum absolute atomic E-state index is 0.0280. The third-order valence-electron chi connectivity index (χ3n) is 1.39. The van der Waals surface area contributed by atoms with Gasteiger partial charge < -0.3 is 14.2 Å². The molecule has 0 aromatic heterocycles. The SMILES string of the molecule is CCOCCOCCOC(=O)COS(=O)(=O)O. The summed E-state index contributed by atoms with van der Waals surface area (Å²) in [5.41, 5.74) is 0. The van der Waals surface area contributed by atoms with E-state index < -0.39 is 23.0 Å². The highest BCUT2D eigenvalue weighted by molar-refractivity contribution is 7.80. The maximum absolute atomic E-state index is 10.8. The van der Waals surface area contributed by atoms with Crippen LogP contribution in [0.3, 0.4) is 0 Å². The molecule has 0 aromatic rings. The highest BCUT2D eigenvalue weighted by Gasteiger charge is 2.10. The summed E-state index contributed by atoms with van der Waals surface area (Å²) in [6.07, 6.45) is 0. The van der Waals surface area contributed by atoms with Crippen molar-refractivity contribution in [3.8, 4) is 0 Å². The maximum atomic E-state index is 10.8. The van der Waals surface area contributed by atoms with Crippen molar-refractivity contribution in [1.82, 2.24) is 0 Å². The lowest BCUT2D eigenvalue weighted by molar-refractivity contribution is -0.147. The summed E-state index contributed by atoms with van der Waals surface area (Å²) in [6, 6.07) is 0. The molecule has 0 radical (unpaired) electrons. The first kappa shape index (κ1) is 16.3. The van der Waals surface area contributed by atoms with Crippen LogP contribution in [0.2, 0.25) is 0 Å². The topological polar surface area (TPSA) is 108 Å². The normalized spacial score (nSPS) is 11.4. The smallest absolute Gasteiger partial charge is 0.397 e. The largest absolute Gasteiger partial charge is 0.461 e. The number of hydrogen-bond donors (Lipinski definition) is 1. The van der Waals surface area contributed by atoms with Gasteiger partial charge in [0.2, 0.25) is 0 Å². The molecule has 102 valence electrons. The molecule has 0 aliphatic carbocycles. The molecular formula is C8H16O8S. The molecule has 0 fully saturated rings. The van der Waals surface area contributed by atoms with Crippen LogP contribution in [0.5, 0.6) is 0 Å². The Bertz CT molecular complexity index is 299. The Kier molecular flexibility index (Phi) is 8.90. The van der Waals surface area contributed by atoms with Crippen molar-refractivity contribution >= 4 is 16.4 Å². The third kappa shape index (κ3) is 13.2. The van der Waals surface area contributed by atoms with Crippen LogP contribution in [0.15, 0.2) is 0 Å². The van der Waals surface area contributed by atoms with E-state index in [0.717, 1.165) is 0 Å². The minimum atomic E-state index is -4.61. The Morgan fingerprint density at radius 1 is 1.12 bits per heavy atom. The van der Waals surface area contributed by atoms with Gasteiger partial charge in [0.05, 0.1) is 19.8 Å². The van der Waals surface area contributed by atoms with E-state index in [-0.39, 0.29) is 13.2 Å². The second kappa shape index (κ2) is 9.31. The van der Waals surface area contributed by atoms with E-state index in [2.05, 4.69) is 8.92 Å². The van der Waals surface area contributed by atoms with Crippen LogP contribution >= 0.6 is 0 Å². The average Bonchev–Trinajstić information content (AvgIpc) is 2.24. The van der Waals surface area contributed by atoms with Gasteiger partial charge >= 0.3 is 16.4 Å². The van der Waals surface area contributed by atoms with Gasteiger partial charge in [0, 0.05) is 6.61 Å². The molecule has 0 saturated heterocycles. The summed E-state index contributed by atoms with van der Waals surface area (Å²) in [7, 11) is -4.61. The molecule has 0 heterocycles. The first-order chi connectivity index (χ1) is 7.95. The summed E-state index contributed by atoms with van der Waals surface area (Å²) >= 11 is 0. The second-order valence-electron chi connectivity index (χ2n) is 2.72. The van der Waals surface area contributed by atoms with Gasteiger partial charge in [-0.05, 0) is 6.92 Å². The molecule has 0 saturated carbocycles. The molecule has 0 aliphatic heterocycles. The van der Waals surface area contributed by atoms with Crippen molar-refractivity contribution in [3.05, 3.63) is 0 Å². The van der Waals surface area contributed by atoms with Gasteiger partial charge in [-0.2, -0.15) is 8.42 Å². The molecule has 0 unspecified atom stereocenters. The van der Waals surface area contributed by atoms with Gasteiger partial charge in [0.1, 0.15) is 6.61 Å². The van der Waals surface area contributed by atoms with Crippen LogP contribution < -0.4 is 0 Å². The van der Waals surface area contributed by atoms with Crippen LogP contribution in [-0.4, -0.2) is 58.6 Å². The summed E-state index contributed by atoms with van der Waals surface area (Å²) in [5.74, 6) is -0.906. The highest BCUT2D eigenvalue weighted by atomic mass is 32.3. The van der Waals surface area contributed by atoms with Crippen molar-refractivity contribution in [1.29, 1.82) is 0 Å². The van der Waals surface area contributed by atoms with Crippen LogP contribution in [0.4, 0.5) is 0 Å². The lowest BCUT2D eigenvalue weighted by atomic mass is 10.7. The van der Waals surface area contributed by atoms with Gasteiger partial charge in [0.25, 0.3) is 0 Å². The summed E-state index contributed by atoms with van der Waals surface area (Å²) in [5, 5.41) is 0. The van der Waals surface area contributed by atoms with Crippen molar-refractivity contribution in [3.63, 3.8) is 0 Å². The molecule has 1 N–H and O–H groups in total. The number of esters is 1. The molecular weight excluding hydrogens is 256 g/mol. The summed E-state index contributed by atoms with van der Waals surface area (Å²) in [4.78, 5) is 10.8. The van der Waals surface area contributed by atoms with E-state index in [1.165, 1.54) is 0 Å². The van der Waals surface area contributed by atoms with Gasteiger partial charge in [-0.15, -0.1) is 0 Å². The first-order valence-corrected chi connectivity index (χ1v) is 6.25. The number of rotatable bonds is 10. The van der Waals surface area contributed by atoms with Crippen molar-refractivity contribution < 1.29 is 36.2 Å². The monoisotopic (exact) mass is 272 g/mol. The zero-order valence-electron chi connectivity index (χ0n) is 9.46. The third-order valence-corrected chi connectivity index (χ3v) is 1.81. The molecule has 8 nitrogen and oxygen atoms in total. The summed E-state index contributed by atoms with van der Waals surface area (Å²) in [6.45, 7) is 2.58. The van der Waals surface area contributed by atoms with Crippen molar-refractivity contribution in [2.24, 2.45) is 0 Å². The van der Waals surface area contributed by atoms with E-state index in [4.69, 9.17) is 14.0 Å². The second-order valence-corrected chi connectivity index (χ2v) is 3.81. The highest BCUT2D eigenvalue weighted by Crippen LogP contribution is 1.88. The van der Waals surface area contributed by atoms with Gasteiger partial charge in [-0.3, -0.25) is 4.55 Å². The molecule has 0 spiro atoms. The predicted molar refractivity (Wildman–Crippen MR) is 55.8 cm³/mol. The quantitative estimate of drug-likeness (QED) is 0.319. The molecule has 0 rings (SSSR count). The van der Waals surface area contributed by atoms with Gasteiger partial charge in [-0.1, -0.05) is 0 Å². The van der Waals surface area contributed by atoms with Crippen LogP contribution in [0, 0.1) is 0 Å². The van der Waals surface area contributed by atoms with E-state index in [1.807, 2.05) is 6.92 Å². The summed E-state index contributed by atoms with van der Waals surface area (Å²) < 4.78 is 46.7. The molecule has 0 amide bonds. The van der Waals surface area contributed by atoms with E-state index in [9.17, 15) is 13.2 Å². The van der Waals surface area contributed by atoms with Crippen molar-refractivity contribution in [2.75, 3.05) is 39.6 Å². The molecule has 0 aromatic carbocycles. The maximum Gasteiger partial charge on any atom is 0.397 e. The van der Waals surface area contributed by atoms with Gasteiger partial charge in [-0.25, -0.2) is 8.98 Å². The van der Waals surface area contributed by atoms with E-state index in [0.29, 0.717) is 19.8 Å². The number of carbonyl (C=O) groups excluding carboxylic acids is 1. The Labute approximate surface area is 99.7 Å². The lowest BCUT2D eigenvalue weighted by Gasteiger charge is -2.05. The van der Waals surface area contributed by atoms with Crippen LogP contribution in [-0.2, 0) is 33.6 Å². The zero-order valence-corrected chi connectivity index (χ0v) is 10.3. The Morgan fingerprint density at radius 3 is 2.29 bits per heavy atom. The molecule has 0 atom stereocenters. The minimum Gasteiger partial charge on any atom is -0.461 e. The fourth-order valence-corrected chi connectivity index (χ4v) is 0.988. The molecule has 0 bridgehead atoms. The van der Waals surface area contributed by atoms with Crippen molar-refractivity contribution in [2.45, 2.75) is 6.92 Å². The molecule has 0 aliphatic rings. The molecule has 9 heteroatoms. The standard InChI is InChI=1S/C8H16O8S/c1-2-13-3-4-14-5-6-15-8(9)7-16-17(10,11)12/h2-7H2,1H3,(H,10,11,12). The zero-order chi connectivity index (χ0) is 13.1. The fraction of sp³-hybridized carbons (Fsp3) is 0.875. The number of ether oxygens (including phenoxy) is 3.